The summed E-state index contributed by atoms with van der Waals surface area (Å²) in [6.07, 6.45) is 2.90. The zero-order valence-corrected chi connectivity index (χ0v) is 13.3. The van der Waals surface area contributed by atoms with Gasteiger partial charge in [0.2, 0.25) is 5.91 Å². The van der Waals surface area contributed by atoms with E-state index >= 15 is 0 Å². The van der Waals surface area contributed by atoms with Crippen LogP contribution in [0.15, 0.2) is 22.7 Å². The maximum absolute atomic E-state index is 11.7. The van der Waals surface area contributed by atoms with E-state index in [2.05, 4.69) is 33.5 Å². The van der Waals surface area contributed by atoms with E-state index in [0.717, 1.165) is 41.6 Å². The van der Waals surface area contributed by atoms with Gasteiger partial charge in [0.1, 0.15) is 5.75 Å². The molecular formula is C15H21BrN2O2. The van der Waals surface area contributed by atoms with Crippen LogP contribution in [0, 0.1) is 0 Å². The lowest BCUT2D eigenvalue weighted by Crippen LogP contribution is -2.47. The monoisotopic (exact) mass is 340 g/mol. The fraction of sp³-hybridized carbons (Fsp3) is 0.533. The SMILES string of the molecule is CCCOc1ccc(Br)cc1CNC1CCCNC1=O. The van der Waals surface area contributed by atoms with E-state index in [-0.39, 0.29) is 11.9 Å². The summed E-state index contributed by atoms with van der Waals surface area (Å²) >= 11 is 3.48. The van der Waals surface area contributed by atoms with E-state index in [0.29, 0.717) is 13.2 Å². The van der Waals surface area contributed by atoms with Crippen LogP contribution in [0.1, 0.15) is 31.7 Å². The van der Waals surface area contributed by atoms with Crippen LogP contribution in [0.4, 0.5) is 0 Å². The zero-order valence-electron chi connectivity index (χ0n) is 11.7. The highest BCUT2D eigenvalue weighted by atomic mass is 79.9. The van der Waals surface area contributed by atoms with Crippen LogP contribution in [0.25, 0.3) is 0 Å². The lowest BCUT2D eigenvalue weighted by atomic mass is 10.1. The number of hydrogen-bond acceptors (Lipinski definition) is 3. The summed E-state index contributed by atoms with van der Waals surface area (Å²) in [5.41, 5.74) is 1.08. The molecule has 5 heteroatoms. The number of halogens is 1. The molecule has 0 aromatic heterocycles. The van der Waals surface area contributed by atoms with Crippen molar-refractivity contribution in [3.05, 3.63) is 28.2 Å². The topological polar surface area (TPSA) is 50.4 Å². The number of benzene rings is 1. The van der Waals surface area contributed by atoms with Gasteiger partial charge in [0.25, 0.3) is 0 Å². The number of amides is 1. The molecule has 1 aromatic carbocycles. The van der Waals surface area contributed by atoms with E-state index in [4.69, 9.17) is 4.74 Å². The van der Waals surface area contributed by atoms with E-state index in [1.165, 1.54) is 0 Å². The fourth-order valence-corrected chi connectivity index (χ4v) is 2.65. The van der Waals surface area contributed by atoms with Crippen LogP contribution in [0.5, 0.6) is 5.75 Å². The molecule has 1 amide bonds. The molecule has 1 unspecified atom stereocenters. The van der Waals surface area contributed by atoms with E-state index < -0.39 is 0 Å². The number of hydrogen-bond donors (Lipinski definition) is 2. The van der Waals surface area contributed by atoms with Crippen LogP contribution < -0.4 is 15.4 Å². The second-order valence-corrected chi connectivity index (χ2v) is 5.88. The molecule has 1 aliphatic rings. The molecule has 1 aliphatic heterocycles. The minimum Gasteiger partial charge on any atom is -0.493 e. The Kier molecular flexibility index (Phi) is 5.86. The summed E-state index contributed by atoms with van der Waals surface area (Å²) in [5.74, 6) is 0.987. The van der Waals surface area contributed by atoms with Crippen LogP contribution >= 0.6 is 15.9 Å². The fourth-order valence-electron chi connectivity index (χ4n) is 2.24. The molecule has 2 N–H and O–H groups in total. The van der Waals surface area contributed by atoms with Crippen LogP contribution in [0.2, 0.25) is 0 Å². The van der Waals surface area contributed by atoms with Crippen LogP contribution in [0.3, 0.4) is 0 Å². The number of rotatable bonds is 6. The Labute approximate surface area is 128 Å². The molecule has 1 saturated heterocycles. The first kappa shape index (κ1) is 15.3. The van der Waals surface area contributed by atoms with Crippen LogP contribution in [-0.4, -0.2) is 25.1 Å². The number of piperidine rings is 1. The smallest absolute Gasteiger partial charge is 0.237 e. The lowest BCUT2D eigenvalue weighted by Gasteiger charge is -2.23. The number of carbonyl (C=O) groups excluding carboxylic acids is 1. The van der Waals surface area contributed by atoms with Gasteiger partial charge in [-0.3, -0.25) is 4.79 Å². The standard InChI is InChI=1S/C15H21BrN2O2/c1-2-8-20-14-6-5-12(16)9-11(14)10-18-13-4-3-7-17-15(13)19/h5-6,9,13,18H,2-4,7-8,10H2,1H3,(H,17,19). The average Bonchev–Trinajstić information content (AvgIpc) is 2.45. The third-order valence-corrected chi connectivity index (χ3v) is 3.80. The molecule has 0 radical (unpaired) electrons. The summed E-state index contributed by atoms with van der Waals surface area (Å²) in [6.45, 7) is 4.22. The van der Waals surface area contributed by atoms with Crippen LogP contribution in [-0.2, 0) is 11.3 Å². The highest BCUT2D eigenvalue weighted by molar-refractivity contribution is 9.10. The van der Waals surface area contributed by atoms with E-state index in [1.807, 2.05) is 18.2 Å². The largest absolute Gasteiger partial charge is 0.493 e. The Bertz CT molecular complexity index is 465. The Hall–Kier alpha value is -1.07. The molecule has 1 aromatic rings. The Morgan fingerprint density at radius 1 is 1.50 bits per heavy atom. The minimum absolute atomic E-state index is 0.0956. The maximum Gasteiger partial charge on any atom is 0.237 e. The van der Waals surface area contributed by atoms with Crippen molar-refractivity contribution in [2.75, 3.05) is 13.2 Å². The van der Waals surface area contributed by atoms with Crippen molar-refractivity contribution in [2.24, 2.45) is 0 Å². The quantitative estimate of drug-likeness (QED) is 0.836. The average molecular weight is 341 g/mol. The summed E-state index contributed by atoms with van der Waals surface area (Å²) in [7, 11) is 0. The molecule has 20 heavy (non-hydrogen) atoms. The summed E-state index contributed by atoms with van der Waals surface area (Å²) in [4.78, 5) is 11.7. The van der Waals surface area contributed by atoms with Gasteiger partial charge in [-0.25, -0.2) is 0 Å². The highest BCUT2D eigenvalue weighted by Crippen LogP contribution is 2.23. The number of carbonyl (C=O) groups is 1. The Balaban J connectivity index is 1.99. The van der Waals surface area contributed by atoms with Crippen molar-refractivity contribution in [1.29, 1.82) is 0 Å². The first-order valence-electron chi connectivity index (χ1n) is 7.13. The van der Waals surface area contributed by atoms with Crippen molar-refractivity contribution in [3.8, 4) is 5.75 Å². The van der Waals surface area contributed by atoms with Crippen molar-refractivity contribution in [2.45, 2.75) is 38.8 Å². The molecule has 110 valence electrons. The number of nitrogens with one attached hydrogen (secondary N) is 2. The van der Waals surface area contributed by atoms with E-state index in [9.17, 15) is 4.79 Å². The number of ether oxygens (including phenoxy) is 1. The van der Waals surface area contributed by atoms with Gasteiger partial charge in [0.15, 0.2) is 0 Å². The summed E-state index contributed by atoms with van der Waals surface area (Å²) < 4.78 is 6.77. The molecule has 1 heterocycles. The second-order valence-electron chi connectivity index (χ2n) is 4.97. The highest BCUT2D eigenvalue weighted by Gasteiger charge is 2.21. The normalized spacial score (nSPS) is 18.7. The zero-order chi connectivity index (χ0) is 14.4. The molecule has 2 rings (SSSR count). The predicted molar refractivity (Wildman–Crippen MR) is 82.8 cm³/mol. The molecule has 0 spiro atoms. The van der Waals surface area contributed by atoms with Crippen molar-refractivity contribution >= 4 is 21.8 Å². The Morgan fingerprint density at radius 2 is 2.35 bits per heavy atom. The second kappa shape index (κ2) is 7.64. The summed E-state index contributed by atoms with van der Waals surface area (Å²) in [5, 5.41) is 6.21. The van der Waals surface area contributed by atoms with Gasteiger partial charge >= 0.3 is 0 Å². The molecular weight excluding hydrogens is 320 g/mol. The van der Waals surface area contributed by atoms with Gasteiger partial charge < -0.3 is 15.4 Å². The summed E-state index contributed by atoms with van der Waals surface area (Å²) in [6, 6.07) is 5.89. The Morgan fingerprint density at radius 3 is 3.10 bits per heavy atom. The van der Waals surface area contributed by atoms with Crippen molar-refractivity contribution in [1.82, 2.24) is 10.6 Å². The predicted octanol–water partition coefficient (Wildman–Crippen LogP) is 2.61. The van der Waals surface area contributed by atoms with Crippen molar-refractivity contribution < 1.29 is 9.53 Å². The third kappa shape index (κ3) is 4.21. The third-order valence-electron chi connectivity index (χ3n) is 3.31. The van der Waals surface area contributed by atoms with Gasteiger partial charge in [-0.15, -0.1) is 0 Å². The van der Waals surface area contributed by atoms with Gasteiger partial charge in [-0.2, -0.15) is 0 Å². The molecule has 1 fully saturated rings. The van der Waals surface area contributed by atoms with Gasteiger partial charge in [0, 0.05) is 23.1 Å². The first-order valence-corrected chi connectivity index (χ1v) is 7.92. The minimum atomic E-state index is -0.0956. The first-order chi connectivity index (χ1) is 9.70. The van der Waals surface area contributed by atoms with Gasteiger partial charge in [0.05, 0.1) is 12.6 Å². The van der Waals surface area contributed by atoms with Gasteiger partial charge in [-0.1, -0.05) is 22.9 Å². The van der Waals surface area contributed by atoms with Crippen molar-refractivity contribution in [3.63, 3.8) is 0 Å². The molecule has 0 bridgehead atoms. The lowest BCUT2D eigenvalue weighted by molar-refractivity contribution is -0.124. The molecule has 4 nitrogen and oxygen atoms in total. The molecule has 1 atom stereocenters. The molecule has 0 aliphatic carbocycles. The maximum atomic E-state index is 11.7. The molecule has 0 saturated carbocycles. The van der Waals surface area contributed by atoms with Gasteiger partial charge in [-0.05, 0) is 37.5 Å². The van der Waals surface area contributed by atoms with E-state index in [1.54, 1.807) is 0 Å².